The number of halogens is 1. The first kappa shape index (κ1) is 15.1. The predicted octanol–water partition coefficient (Wildman–Crippen LogP) is 4.61. The van der Waals surface area contributed by atoms with Crippen LogP contribution in [0.15, 0.2) is 46.9 Å². The van der Waals surface area contributed by atoms with Crippen molar-refractivity contribution in [2.75, 3.05) is 0 Å². The Morgan fingerprint density at radius 1 is 1.10 bits per heavy atom. The van der Waals surface area contributed by atoms with Crippen LogP contribution in [-0.2, 0) is 13.2 Å². The number of nitrogens with two attached hydrogens (primary N) is 1. The standard InChI is InChI=1S/C17H20BrNO/c1-12(2)16-9-15(18)6-7-17(16)20-11-14-5-3-4-13(8-14)10-19/h3-9,12H,10-11,19H2,1-2H3. The van der Waals surface area contributed by atoms with E-state index in [0.29, 0.717) is 19.1 Å². The van der Waals surface area contributed by atoms with Crippen LogP contribution in [0.25, 0.3) is 0 Å². The zero-order valence-electron chi connectivity index (χ0n) is 11.9. The maximum Gasteiger partial charge on any atom is 0.123 e. The largest absolute Gasteiger partial charge is 0.489 e. The average Bonchev–Trinajstić information content (AvgIpc) is 2.46. The average molecular weight is 334 g/mol. The first-order chi connectivity index (χ1) is 9.60. The van der Waals surface area contributed by atoms with E-state index in [4.69, 9.17) is 10.5 Å². The minimum atomic E-state index is 0.429. The second kappa shape index (κ2) is 6.91. The van der Waals surface area contributed by atoms with Gasteiger partial charge in [0.25, 0.3) is 0 Å². The molecule has 2 aromatic carbocycles. The molecule has 0 aliphatic carbocycles. The van der Waals surface area contributed by atoms with Crippen LogP contribution in [0.1, 0.15) is 36.5 Å². The lowest BCUT2D eigenvalue weighted by molar-refractivity contribution is 0.301. The summed E-state index contributed by atoms with van der Waals surface area (Å²) in [5.41, 5.74) is 9.15. The lowest BCUT2D eigenvalue weighted by Gasteiger charge is -2.15. The van der Waals surface area contributed by atoms with Gasteiger partial charge in [-0.3, -0.25) is 0 Å². The molecule has 106 valence electrons. The van der Waals surface area contributed by atoms with Crippen molar-refractivity contribution in [2.45, 2.75) is 32.9 Å². The van der Waals surface area contributed by atoms with Crippen molar-refractivity contribution in [1.29, 1.82) is 0 Å². The molecule has 3 heteroatoms. The number of ether oxygens (including phenoxy) is 1. The third kappa shape index (κ3) is 3.84. The van der Waals surface area contributed by atoms with Crippen LogP contribution >= 0.6 is 15.9 Å². The van der Waals surface area contributed by atoms with E-state index in [-0.39, 0.29) is 0 Å². The van der Waals surface area contributed by atoms with E-state index in [0.717, 1.165) is 21.3 Å². The molecule has 2 nitrogen and oxygen atoms in total. The highest BCUT2D eigenvalue weighted by Crippen LogP contribution is 2.30. The Balaban J connectivity index is 2.14. The van der Waals surface area contributed by atoms with E-state index in [1.165, 1.54) is 5.56 Å². The van der Waals surface area contributed by atoms with E-state index in [2.05, 4.69) is 48.0 Å². The summed E-state index contributed by atoms with van der Waals surface area (Å²) in [5, 5.41) is 0. The van der Waals surface area contributed by atoms with Gasteiger partial charge in [0.15, 0.2) is 0 Å². The van der Waals surface area contributed by atoms with Gasteiger partial charge in [-0.2, -0.15) is 0 Å². The summed E-state index contributed by atoms with van der Waals surface area (Å²) in [6.07, 6.45) is 0. The summed E-state index contributed by atoms with van der Waals surface area (Å²) >= 11 is 3.51. The third-order valence-electron chi connectivity index (χ3n) is 3.22. The molecule has 0 fully saturated rings. The zero-order valence-corrected chi connectivity index (χ0v) is 13.5. The molecule has 2 N–H and O–H groups in total. The fourth-order valence-electron chi connectivity index (χ4n) is 2.11. The maximum absolute atomic E-state index is 5.98. The minimum Gasteiger partial charge on any atom is -0.489 e. The van der Waals surface area contributed by atoms with Gasteiger partial charge in [0.1, 0.15) is 12.4 Å². The van der Waals surface area contributed by atoms with E-state index in [9.17, 15) is 0 Å². The summed E-state index contributed by atoms with van der Waals surface area (Å²) in [7, 11) is 0. The number of hydrogen-bond acceptors (Lipinski definition) is 2. The first-order valence-electron chi connectivity index (χ1n) is 6.80. The summed E-state index contributed by atoms with van der Waals surface area (Å²) in [4.78, 5) is 0. The monoisotopic (exact) mass is 333 g/mol. The second-order valence-corrected chi connectivity index (χ2v) is 6.07. The topological polar surface area (TPSA) is 35.2 Å². The summed E-state index contributed by atoms with van der Waals surface area (Å²) in [6, 6.07) is 14.4. The molecule has 0 spiro atoms. The third-order valence-corrected chi connectivity index (χ3v) is 3.71. The smallest absolute Gasteiger partial charge is 0.123 e. The quantitative estimate of drug-likeness (QED) is 0.867. The van der Waals surface area contributed by atoms with Crippen molar-refractivity contribution in [2.24, 2.45) is 5.73 Å². The number of rotatable bonds is 5. The SMILES string of the molecule is CC(C)c1cc(Br)ccc1OCc1cccc(CN)c1. The fourth-order valence-corrected chi connectivity index (χ4v) is 2.49. The molecule has 0 atom stereocenters. The van der Waals surface area contributed by atoms with Crippen LogP contribution < -0.4 is 10.5 Å². The van der Waals surface area contributed by atoms with Crippen LogP contribution in [0.5, 0.6) is 5.75 Å². The molecule has 2 rings (SSSR count). The van der Waals surface area contributed by atoms with Crippen molar-refractivity contribution >= 4 is 15.9 Å². The highest BCUT2D eigenvalue weighted by molar-refractivity contribution is 9.10. The van der Waals surface area contributed by atoms with E-state index >= 15 is 0 Å². The highest BCUT2D eigenvalue weighted by atomic mass is 79.9. The molecule has 0 aromatic heterocycles. The molecule has 0 unspecified atom stereocenters. The number of hydrogen-bond donors (Lipinski definition) is 1. The first-order valence-corrected chi connectivity index (χ1v) is 7.59. The Hall–Kier alpha value is -1.32. The summed E-state index contributed by atoms with van der Waals surface area (Å²) in [5.74, 6) is 1.37. The second-order valence-electron chi connectivity index (χ2n) is 5.15. The van der Waals surface area contributed by atoms with Gasteiger partial charge in [-0.15, -0.1) is 0 Å². The van der Waals surface area contributed by atoms with Crippen molar-refractivity contribution in [3.63, 3.8) is 0 Å². The molecule has 20 heavy (non-hydrogen) atoms. The molecule has 0 saturated carbocycles. The van der Waals surface area contributed by atoms with Gasteiger partial charge in [-0.25, -0.2) is 0 Å². The van der Waals surface area contributed by atoms with Gasteiger partial charge >= 0.3 is 0 Å². The zero-order chi connectivity index (χ0) is 14.5. The molecule has 0 aliphatic rings. The number of benzene rings is 2. The van der Waals surface area contributed by atoms with Gasteiger partial charge in [0.2, 0.25) is 0 Å². The summed E-state index contributed by atoms with van der Waals surface area (Å²) in [6.45, 7) is 5.46. The van der Waals surface area contributed by atoms with E-state index < -0.39 is 0 Å². The van der Waals surface area contributed by atoms with Crippen LogP contribution in [0, 0.1) is 0 Å². The van der Waals surface area contributed by atoms with E-state index in [1.54, 1.807) is 0 Å². The molecule has 0 bridgehead atoms. The Labute approximate surface area is 129 Å². The van der Waals surface area contributed by atoms with Crippen molar-refractivity contribution < 1.29 is 4.74 Å². The van der Waals surface area contributed by atoms with Crippen molar-refractivity contribution in [3.8, 4) is 5.75 Å². The molecule has 0 radical (unpaired) electrons. The molecule has 0 amide bonds. The lowest BCUT2D eigenvalue weighted by Crippen LogP contribution is -2.02. The molecular formula is C17H20BrNO. The molecular weight excluding hydrogens is 314 g/mol. The normalized spacial score (nSPS) is 10.8. The lowest BCUT2D eigenvalue weighted by atomic mass is 10.0. The maximum atomic E-state index is 5.98. The van der Waals surface area contributed by atoms with Gasteiger partial charge in [-0.1, -0.05) is 54.0 Å². The van der Waals surface area contributed by atoms with E-state index in [1.807, 2.05) is 24.3 Å². The molecule has 0 aliphatic heterocycles. The van der Waals surface area contributed by atoms with Crippen molar-refractivity contribution in [3.05, 3.63) is 63.6 Å². The van der Waals surface area contributed by atoms with Crippen LogP contribution in [0.3, 0.4) is 0 Å². The summed E-state index contributed by atoms with van der Waals surface area (Å²) < 4.78 is 7.06. The Morgan fingerprint density at radius 3 is 2.55 bits per heavy atom. The predicted molar refractivity (Wildman–Crippen MR) is 86.9 cm³/mol. The van der Waals surface area contributed by atoms with Gasteiger partial charge in [0, 0.05) is 11.0 Å². The van der Waals surface area contributed by atoms with Gasteiger partial charge in [0.05, 0.1) is 0 Å². The van der Waals surface area contributed by atoms with Crippen LogP contribution in [0.4, 0.5) is 0 Å². The van der Waals surface area contributed by atoms with Gasteiger partial charge in [-0.05, 0) is 40.8 Å². The molecule has 0 heterocycles. The Bertz CT molecular complexity index is 581. The van der Waals surface area contributed by atoms with Crippen molar-refractivity contribution in [1.82, 2.24) is 0 Å². The Kier molecular flexibility index (Phi) is 5.21. The molecule has 2 aromatic rings. The van der Waals surface area contributed by atoms with Crippen LogP contribution in [0.2, 0.25) is 0 Å². The fraction of sp³-hybridized carbons (Fsp3) is 0.294. The highest BCUT2D eigenvalue weighted by Gasteiger charge is 2.08. The molecule has 0 saturated heterocycles. The Morgan fingerprint density at radius 2 is 1.85 bits per heavy atom. The van der Waals surface area contributed by atoms with Gasteiger partial charge < -0.3 is 10.5 Å². The minimum absolute atomic E-state index is 0.429. The van der Waals surface area contributed by atoms with Crippen LogP contribution in [-0.4, -0.2) is 0 Å².